The van der Waals surface area contributed by atoms with Crippen molar-refractivity contribution < 1.29 is 0 Å². The predicted molar refractivity (Wildman–Crippen MR) is 46.0 cm³/mol. The summed E-state index contributed by atoms with van der Waals surface area (Å²) in [4.78, 5) is 2.22. The van der Waals surface area contributed by atoms with Gasteiger partial charge in [-0.2, -0.15) is 0 Å². The van der Waals surface area contributed by atoms with Crippen molar-refractivity contribution in [1.82, 2.24) is 4.90 Å². The van der Waals surface area contributed by atoms with Crippen molar-refractivity contribution in [3.05, 3.63) is 0 Å². The molecule has 10 heavy (non-hydrogen) atoms. The minimum Gasteiger partial charge on any atom is -0.328 e. The van der Waals surface area contributed by atoms with Crippen molar-refractivity contribution in [2.45, 2.75) is 38.8 Å². The van der Waals surface area contributed by atoms with E-state index in [0.29, 0.717) is 12.1 Å². The van der Waals surface area contributed by atoms with Crippen molar-refractivity contribution in [3.8, 4) is 0 Å². The highest BCUT2D eigenvalue weighted by atomic mass is 15.1. The number of nitrogens with zero attached hydrogens (tertiary/aromatic N) is 1. The lowest BCUT2D eigenvalue weighted by atomic mass is 10.1. The number of hydrogen-bond acceptors (Lipinski definition) is 2. The van der Waals surface area contributed by atoms with Crippen LogP contribution >= 0.6 is 0 Å². The molecule has 0 fully saturated rings. The first kappa shape index (κ1) is 9.92. The number of nitrogens with two attached hydrogens (primary N) is 1. The van der Waals surface area contributed by atoms with E-state index in [0.717, 1.165) is 6.42 Å². The van der Waals surface area contributed by atoms with Gasteiger partial charge in [0.25, 0.3) is 0 Å². The van der Waals surface area contributed by atoms with Crippen LogP contribution in [-0.4, -0.2) is 31.1 Å². The van der Waals surface area contributed by atoms with E-state index >= 15 is 0 Å². The van der Waals surface area contributed by atoms with E-state index in [9.17, 15) is 0 Å². The number of hydrogen-bond donors (Lipinski definition) is 1. The molecule has 0 aromatic rings. The van der Waals surface area contributed by atoms with Gasteiger partial charge in [-0.15, -0.1) is 0 Å². The van der Waals surface area contributed by atoms with Gasteiger partial charge in [0.2, 0.25) is 0 Å². The van der Waals surface area contributed by atoms with Gasteiger partial charge in [0, 0.05) is 12.1 Å². The quantitative estimate of drug-likeness (QED) is 0.639. The molecule has 0 aromatic carbocycles. The van der Waals surface area contributed by atoms with Crippen LogP contribution in [0.1, 0.15) is 26.7 Å². The van der Waals surface area contributed by atoms with Gasteiger partial charge in [0.1, 0.15) is 0 Å². The fourth-order valence-corrected chi connectivity index (χ4v) is 0.762. The molecule has 0 amide bonds. The van der Waals surface area contributed by atoms with Crippen LogP contribution < -0.4 is 5.73 Å². The first-order valence-electron chi connectivity index (χ1n) is 3.96. The van der Waals surface area contributed by atoms with Gasteiger partial charge < -0.3 is 10.6 Å². The molecule has 0 aromatic heterocycles. The van der Waals surface area contributed by atoms with Gasteiger partial charge in [-0.3, -0.25) is 0 Å². The fourth-order valence-electron chi connectivity index (χ4n) is 0.762. The van der Waals surface area contributed by atoms with Gasteiger partial charge in [-0.1, -0.05) is 0 Å². The van der Waals surface area contributed by atoms with Crippen LogP contribution in [0.2, 0.25) is 0 Å². The molecule has 2 heteroatoms. The molecule has 0 aliphatic heterocycles. The lowest BCUT2D eigenvalue weighted by Crippen LogP contribution is -2.27. The summed E-state index contributed by atoms with van der Waals surface area (Å²) in [6, 6.07) is 1.01. The Labute approximate surface area is 64.4 Å². The molecule has 0 aliphatic rings. The summed E-state index contributed by atoms with van der Waals surface area (Å²) in [5, 5.41) is 0. The minimum atomic E-state index is 0.349. The zero-order valence-electron chi connectivity index (χ0n) is 7.59. The van der Waals surface area contributed by atoms with Crippen LogP contribution in [0.15, 0.2) is 0 Å². The highest BCUT2D eigenvalue weighted by Gasteiger charge is 2.04. The molecule has 2 atom stereocenters. The van der Waals surface area contributed by atoms with Crippen LogP contribution in [0, 0.1) is 0 Å². The molecule has 0 rings (SSSR count). The number of rotatable bonds is 4. The molecule has 0 saturated carbocycles. The molecule has 62 valence electrons. The van der Waals surface area contributed by atoms with Crippen LogP contribution in [-0.2, 0) is 0 Å². The maximum Gasteiger partial charge on any atom is 0.00614 e. The Bertz CT molecular complexity index is 79.3. The molecule has 1 unspecified atom stereocenters. The summed E-state index contributed by atoms with van der Waals surface area (Å²) in [5.74, 6) is 0. The van der Waals surface area contributed by atoms with E-state index < -0.39 is 0 Å². The Morgan fingerprint density at radius 2 is 1.70 bits per heavy atom. The fraction of sp³-hybridized carbons (Fsp3) is 1.00. The molecule has 0 bridgehead atoms. The average Bonchev–Trinajstić information content (AvgIpc) is 1.82. The molecule has 0 saturated heterocycles. The second-order valence-corrected chi connectivity index (χ2v) is 3.37. The van der Waals surface area contributed by atoms with Crippen molar-refractivity contribution in [3.63, 3.8) is 0 Å². The van der Waals surface area contributed by atoms with Crippen LogP contribution in [0.4, 0.5) is 0 Å². The normalized spacial score (nSPS) is 17.4. The summed E-state index contributed by atoms with van der Waals surface area (Å²) in [6.45, 7) is 4.28. The Hall–Kier alpha value is -0.0800. The SMILES string of the molecule is CC(CC[C@H](C)N)N(C)C. The Morgan fingerprint density at radius 1 is 1.20 bits per heavy atom. The Balaban J connectivity index is 3.30. The minimum absolute atomic E-state index is 0.349. The van der Waals surface area contributed by atoms with Gasteiger partial charge >= 0.3 is 0 Å². The molecule has 2 N–H and O–H groups in total. The predicted octanol–water partition coefficient (Wildman–Crippen LogP) is 1.06. The van der Waals surface area contributed by atoms with E-state index in [2.05, 4.69) is 32.8 Å². The third-order valence-corrected chi connectivity index (χ3v) is 1.92. The molecule has 0 radical (unpaired) electrons. The van der Waals surface area contributed by atoms with E-state index in [-0.39, 0.29) is 0 Å². The third kappa shape index (κ3) is 4.77. The molecular weight excluding hydrogens is 124 g/mol. The first-order valence-corrected chi connectivity index (χ1v) is 3.96. The summed E-state index contributed by atoms with van der Waals surface area (Å²) in [7, 11) is 4.21. The van der Waals surface area contributed by atoms with E-state index in [1.54, 1.807) is 0 Å². The Kier molecular flexibility index (Phi) is 4.65. The van der Waals surface area contributed by atoms with E-state index in [4.69, 9.17) is 5.73 Å². The standard InChI is InChI=1S/C8H20N2/c1-7(9)5-6-8(2)10(3)4/h7-8H,5-6,9H2,1-4H3/t7-,8?/m0/s1. The second kappa shape index (κ2) is 4.69. The van der Waals surface area contributed by atoms with Gasteiger partial charge in [-0.25, -0.2) is 0 Å². The van der Waals surface area contributed by atoms with Gasteiger partial charge in [-0.05, 0) is 40.8 Å². The zero-order valence-corrected chi connectivity index (χ0v) is 7.59. The maximum atomic E-state index is 5.62. The van der Waals surface area contributed by atoms with Crippen molar-refractivity contribution in [1.29, 1.82) is 0 Å². The first-order chi connectivity index (χ1) is 4.54. The summed E-state index contributed by atoms with van der Waals surface area (Å²) >= 11 is 0. The van der Waals surface area contributed by atoms with Gasteiger partial charge in [0.05, 0.1) is 0 Å². The van der Waals surface area contributed by atoms with E-state index in [1.165, 1.54) is 6.42 Å². The maximum absolute atomic E-state index is 5.62. The lowest BCUT2D eigenvalue weighted by molar-refractivity contribution is 0.289. The third-order valence-electron chi connectivity index (χ3n) is 1.92. The molecule has 0 aliphatic carbocycles. The highest BCUT2D eigenvalue weighted by Crippen LogP contribution is 2.03. The average molecular weight is 144 g/mol. The summed E-state index contributed by atoms with van der Waals surface area (Å²) < 4.78 is 0. The monoisotopic (exact) mass is 144 g/mol. The molecular formula is C8H20N2. The van der Waals surface area contributed by atoms with Crippen LogP contribution in [0.3, 0.4) is 0 Å². The van der Waals surface area contributed by atoms with Crippen molar-refractivity contribution in [2.24, 2.45) is 5.73 Å². The molecule has 0 spiro atoms. The summed E-state index contributed by atoms with van der Waals surface area (Å²) in [5.41, 5.74) is 5.62. The molecule has 2 nitrogen and oxygen atoms in total. The topological polar surface area (TPSA) is 29.3 Å². The second-order valence-electron chi connectivity index (χ2n) is 3.37. The lowest BCUT2D eigenvalue weighted by Gasteiger charge is -2.20. The van der Waals surface area contributed by atoms with E-state index in [1.807, 2.05) is 0 Å². The van der Waals surface area contributed by atoms with Gasteiger partial charge in [0.15, 0.2) is 0 Å². The van der Waals surface area contributed by atoms with Crippen LogP contribution in [0.25, 0.3) is 0 Å². The zero-order chi connectivity index (χ0) is 8.15. The highest BCUT2D eigenvalue weighted by molar-refractivity contribution is 4.62. The smallest absolute Gasteiger partial charge is 0.00614 e. The molecule has 0 heterocycles. The summed E-state index contributed by atoms with van der Waals surface area (Å²) in [6.07, 6.45) is 2.32. The van der Waals surface area contributed by atoms with Crippen molar-refractivity contribution in [2.75, 3.05) is 14.1 Å². The largest absolute Gasteiger partial charge is 0.328 e. The Morgan fingerprint density at radius 3 is 2.00 bits per heavy atom. The van der Waals surface area contributed by atoms with Crippen LogP contribution in [0.5, 0.6) is 0 Å². The van der Waals surface area contributed by atoms with Crippen molar-refractivity contribution >= 4 is 0 Å².